The molecule has 5 heteroatoms. The zero-order chi connectivity index (χ0) is 17.6. The Bertz CT molecular complexity index is 582. The van der Waals surface area contributed by atoms with E-state index in [1.165, 1.54) is 0 Å². The molecule has 0 aliphatic carbocycles. The summed E-state index contributed by atoms with van der Waals surface area (Å²) >= 11 is 0. The molecule has 136 valence electrons. The summed E-state index contributed by atoms with van der Waals surface area (Å²) in [5.41, 5.74) is 1.13. The van der Waals surface area contributed by atoms with Crippen molar-refractivity contribution >= 4 is 11.8 Å². The number of likely N-dealkylation sites (tertiary alicyclic amines) is 2. The second-order valence-corrected chi connectivity index (χ2v) is 7.47. The maximum atomic E-state index is 12.7. The van der Waals surface area contributed by atoms with Crippen molar-refractivity contribution in [1.82, 2.24) is 15.1 Å². The Hall–Kier alpha value is -1.88. The van der Waals surface area contributed by atoms with Crippen LogP contribution in [-0.2, 0) is 16.1 Å². The highest BCUT2D eigenvalue weighted by molar-refractivity contribution is 5.88. The predicted molar refractivity (Wildman–Crippen MR) is 97.9 cm³/mol. The molecule has 2 amide bonds. The molecule has 0 saturated carbocycles. The smallest absolute Gasteiger partial charge is 0.245 e. The normalized spacial score (nSPS) is 22.8. The van der Waals surface area contributed by atoms with Crippen molar-refractivity contribution in [3.05, 3.63) is 35.9 Å². The summed E-state index contributed by atoms with van der Waals surface area (Å²) in [6, 6.07) is 9.66. The monoisotopic (exact) mass is 343 g/mol. The molecule has 2 aliphatic rings. The van der Waals surface area contributed by atoms with Crippen LogP contribution < -0.4 is 5.32 Å². The van der Waals surface area contributed by atoms with E-state index < -0.39 is 0 Å². The number of benzene rings is 1. The molecular weight excluding hydrogens is 314 g/mol. The van der Waals surface area contributed by atoms with Crippen molar-refractivity contribution in [2.45, 2.75) is 45.2 Å². The molecule has 1 aromatic carbocycles. The first-order valence-electron chi connectivity index (χ1n) is 9.46. The van der Waals surface area contributed by atoms with Gasteiger partial charge in [-0.25, -0.2) is 0 Å². The summed E-state index contributed by atoms with van der Waals surface area (Å²) in [5, 5.41) is 2.97. The van der Waals surface area contributed by atoms with Crippen LogP contribution in [0.15, 0.2) is 30.3 Å². The van der Waals surface area contributed by atoms with E-state index in [-0.39, 0.29) is 17.9 Å². The predicted octanol–water partition coefficient (Wildman–Crippen LogP) is 2.03. The van der Waals surface area contributed by atoms with Crippen molar-refractivity contribution in [3.8, 4) is 0 Å². The fourth-order valence-corrected chi connectivity index (χ4v) is 3.70. The molecule has 0 radical (unpaired) electrons. The van der Waals surface area contributed by atoms with Crippen LogP contribution in [0.2, 0.25) is 0 Å². The van der Waals surface area contributed by atoms with Gasteiger partial charge in [-0.05, 0) is 50.3 Å². The summed E-state index contributed by atoms with van der Waals surface area (Å²) in [5.74, 6) is 0.788. The molecule has 25 heavy (non-hydrogen) atoms. The lowest BCUT2D eigenvalue weighted by Gasteiger charge is -2.34. The van der Waals surface area contributed by atoms with E-state index in [1.807, 2.05) is 35.2 Å². The number of piperidine rings is 2. The van der Waals surface area contributed by atoms with E-state index in [0.717, 1.165) is 56.8 Å². The topological polar surface area (TPSA) is 52.7 Å². The molecule has 0 spiro atoms. The Morgan fingerprint density at radius 1 is 1.12 bits per heavy atom. The van der Waals surface area contributed by atoms with Gasteiger partial charge in [0.2, 0.25) is 11.8 Å². The molecule has 2 saturated heterocycles. The highest BCUT2D eigenvalue weighted by Gasteiger charge is 2.30. The number of carbonyl (C=O) groups excluding carboxylic acids is 2. The molecule has 0 aromatic heterocycles. The number of rotatable bonds is 5. The highest BCUT2D eigenvalue weighted by Crippen LogP contribution is 2.17. The van der Waals surface area contributed by atoms with Gasteiger partial charge in [0.25, 0.3) is 0 Å². The first-order chi connectivity index (χ1) is 12.1. The van der Waals surface area contributed by atoms with Gasteiger partial charge in [0.15, 0.2) is 0 Å². The third-order valence-corrected chi connectivity index (χ3v) is 5.33. The van der Waals surface area contributed by atoms with Crippen LogP contribution in [0.1, 0.15) is 38.2 Å². The van der Waals surface area contributed by atoms with Gasteiger partial charge in [-0.15, -0.1) is 0 Å². The molecule has 1 unspecified atom stereocenters. The Morgan fingerprint density at radius 2 is 1.84 bits per heavy atom. The molecule has 1 aromatic rings. The number of hydrogen-bond donors (Lipinski definition) is 1. The standard InChI is InChI=1S/C20H29N3O2/c1-16-9-12-22(13-10-16)15-19(24)21-18-8-5-11-23(20(18)25)14-17-6-3-2-4-7-17/h2-4,6-7,16,18H,5,8-15H2,1H3,(H,21,24). The fourth-order valence-electron chi connectivity index (χ4n) is 3.70. The van der Waals surface area contributed by atoms with Gasteiger partial charge >= 0.3 is 0 Å². The van der Waals surface area contributed by atoms with Crippen LogP contribution in [0.25, 0.3) is 0 Å². The Kier molecular flexibility index (Phi) is 6.08. The van der Waals surface area contributed by atoms with Gasteiger partial charge in [0.1, 0.15) is 6.04 Å². The SMILES string of the molecule is CC1CCN(CC(=O)NC2CCCN(Cc3ccccc3)C2=O)CC1. The Morgan fingerprint density at radius 3 is 2.56 bits per heavy atom. The van der Waals surface area contributed by atoms with Gasteiger partial charge < -0.3 is 10.2 Å². The second-order valence-electron chi connectivity index (χ2n) is 7.47. The van der Waals surface area contributed by atoms with Gasteiger partial charge in [-0.2, -0.15) is 0 Å². The minimum atomic E-state index is -0.367. The van der Waals surface area contributed by atoms with Gasteiger partial charge in [-0.3, -0.25) is 14.5 Å². The molecule has 3 rings (SSSR count). The number of nitrogens with one attached hydrogen (secondary N) is 1. The summed E-state index contributed by atoms with van der Waals surface area (Å²) in [6.45, 7) is 6.02. The average Bonchev–Trinajstić information content (AvgIpc) is 2.61. The van der Waals surface area contributed by atoms with Crippen molar-refractivity contribution in [3.63, 3.8) is 0 Å². The van der Waals surface area contributed by atoms with Crippen LogP contribution in [0.4, 0.5) is 0 Å². The van der Waals surface area contributed by atoms with Crippen molar-refractivity contribution < 1.29 is 9.59 Å². The first kappa shape index (κ1) is 17.9. The van der Waals surface area contributed by atoms with Crippen LogP contribution in [0.5, 0.6) is 0 Å². The maximum Gasteiger partial charge on any atom is 0.245 e. The largest absolute Gasteiger partial charge is 0.343 e. The Labute approximate surface area is 150 Å². The van der Waals surface area contributed by atoms with E-state index in [1.54, 1.807) is 0 Å². The molecule has 2 fully saturated rings. The average molecular weight is 343 g/mol. The quantitative estimate of drug-likeness (QED) is 0.890. The zero-order valence-corrected chi connectivity index (χ0v) is 15.1. The molecule has 1 atom stereocenters. The first-order valence-corrected chi connectivity index (χ1v) is 9.46. The molecule has 2 aliphatic heterocycles. The molecule has 0 bridgehead atoms. The minimum Gasteiger partial charge on any atom is -0.343 e. The van der Waals surface area contributed by atoms with E-state index in [4.69, 9.17) is 0 Å². The fraction of sp³-hybridized carbons (Fsp3) is 0.600. The van der Waals surface area contributed by atoms with Crippen molar-refractivity contribution in [2.75, 3.05) is 26.2 Å². The second kappa shape index (κ2) is 8.48. The summed E-state index contributed by atoms with van der Waals surface area (Å²) in [6.07, 6.45) is 3.98. The molecule has 1 N–H and O–H groups in total. The van der Waals surface area contributed by atoms with Crippen LogP contribution in [0.3, 0.4) is 0 Å². The minimum absolute atomic E-state index is 0.0190. The van der Waals surface area contributed by atoms with E-state index in [2.05, 4.69) is 17.1 Å². The summed E-state index contributed by atoms with van der Waals surface area (Å²) < 4.78 is 0. The van der Waals surface area contributed by atoms with Gasteiger partial charge in [0.05, 0.1) is 6.54 Å². The maximum absolute atomic E-state index is 12.7. The number of carbonyl (C=O) groups is 2. The van der Waals surface area contributed by atoms with Gasteiger partial charge in [0, 0.05) is 13.1 Å². The third-order valence-electron chi connectivity index (χ3n) is 5.33. The molecule has 2 heterocycles. The lowest BCUT2D eigenvalue weighted by molar-refractivity contribution is -0.139. The highest BCUT2D eigenvalue weighted by atomic mass is 16.2. The van der Waals surface area contributed by atoms with Gasteiger partial charge in [-0.1, -0.05) is 37.3 Å². The summed E-state index contributed by atoms with van der Waals surface area (Å²) in [7, 11) is 0. The Balaban J connectivity index is 1.50. The lowest BCUT2D eigenvalue weighted by atomic mass is 9.99. The van der Waals surface area contributed by atoms with Crippen LogP contribution >= 0.6 is 0 Å². The van der Waals surface area contributed by atoms with E-state index in [9.17, 15) is 9.59 Å². The number of hydrogen-bond acceptors (Lipinski definition) is 3. The third kappa shape index (κ3) is 5.05. The lowest BCUT2D eigenvalue weighted by Crippen LogP contribution is -2.53. The molecular formula is C20H29N3O2. The van der Waals surface area contributed by atoms with E-state index in [0.29, 0.717) is 13.1 Å². The van der Waals surface area contributed by atoms with Crippen LogP contribution in [-0.4, -0.2) is 53.8 Å². The van der Waals surface area contributed by atoms with Crippen molar-refractivity contribution in [1.29, 1.82) is 0 Å². The van der Waals surface area contributed by atoms with Crippen molar-refractivity contribution in [2.24, 2.45) is 5.92 Å². The molecule has 5 nitrogen and oxygen atoms in total. The van der Waals surface area contributed by atoms with E-state index >= 15 is 0 Å². The summed E-state index contributed by atoms with van der Waals surface area (Å²) in [4.78, 5) is 29.1. The number of amides is 2. The number of nitrogens with zero attached hydrogens (tertiary/aromatic N) is 2. The zero-order valence-electron chi connectivity index (χ0n) is 15.1. The van der Waals surface area contributed by atoms with Crippen LogP contribution in [0, 0.1) is 5.92 Å².